The third kappa shape index (κ3) is 1.55. The lowest BCUT2D eigenvalue weighted by Crippen LogP contribution is -2.18. The van der Waals surface area contributed by atoms with Gasteiger partial charge < -0.3 is 5.11 Å². The molecule has 0 aliphatic carbocycles. The van der Waals surface area contributed by atoms with Crippen molar-refractivity contribution in [3.8, 4) is 17.0 Å². The van der Waals surface area contributed by atoms with Crippen LogP contribution >= 0.6 is 0 Å². The molecule has 0 radical (unpaired) electrons. The zero-order valence-electron chi connectivity index (χ0n) is 9.41. The van der Waals surface area contributed by atoms with Crippen LogP contribution in [0.25, 0.3) is 16.8 Å². The van der Waals surface area contributed by atoms with Crippen LogP contribution in [0.4, 0.5) is 0 Å². The van der Waals surface area contributed by atoms with Crippen molar-refractivity contribution in [2.24, 2.45) is 0 Å². The Labute approximate surface area is 103 Å². The van der Waals surface area contributed by atoms with E-state index >= 15 is 0 Å². The van der Waals surface area contributed by atoms with E-state index in [0.717, 1.165) is 0 Å². The second-order valence-corrected chi connectivity index (χ2v) is 3.90. The lowest BCUT2D eigenvalue weighted by Gasteiger charge is -2.14. The van der Waals surface area contributed by atoms with Crippen molar-refractivity contribution >= 4 is 5.52 Å². The van der Waals surface area contributed by atoms with E-state index < -0.39 is 0 Å². The highest BCUT2D eigenvalue weighted by molar-refractivity contribution is 5.69. The minimum atomic E-state index is -0.336. The van der Waals surface area contributed by atoms with Crippen molar-refractivity contribution in [2.45, 2.75) is 0 Å². The van der Waals surface area contributed by atoms with Crippen molar-refractivity contribution < 1.29 is 5.11 Å². The third-order valence-electron chi connectivity index (χ3n) is 2.77. The Hall–Kier alpha value is -2.62. The first kappa shape index (κ1) is 10.5. The number of nitrogens with zero attached hydrogens (tertiary/aromatic N) is 2. The maximum absolute atomic E-state index is 12.3. The Morgan fingerprint density at radius 3 is 2.72 bits per heavy atom. The van der Waals surface area contributed by atoms with E-state index in [9.17, 15) is 9.90 Å². The predicted molar refractivity (Wildman–Crippen MR) is 66.3 cm³/mol. The van der Waals surface area contributed by atoms with Crippen molar-refractivity contribution in [3.05, 3.63) is 65.2 Å². The first-order valence-corrected chi connectivity index (χ1v) is 5.50. The van der Waals surface area contributed by atoms with Gasteiger partial charge in [0.2, 0.25) is 0 Å². The molecule has 0 N–H and O–H groups in total. The molecule has 18 heavy (non-hydrogen) atoms. The minimum Gasteiger partial charge on any atom is -0.872 e. The van der Waals surface area contributed by atoms with E-state index in [1.807, 2.05) is 0 Å². The van der Waals surface area contributed by atoms with Gasteiger partial charge in [0, 0.05) is 17.9 Å². The zero-order chi connectivity index (χ0) is 12.5. The molecule has 0 atom stereocenters. The fraction of sp³-hybridized carbons (Fsp3) is 0. The summed E-state index contributed by atoms with van der Waals surface area (Å²) in [6.07, 6.45) is 3.21. The normalized spacial score (nSPS) is 10.7. The first-order valence-electron chi connectivity index (χ1n) is 5.50. The van der Waals surface area contributed by atoms with Crippen LogP contribution in [0.5, 0.6) is 5.75 Å². The fourth-order valence-electron chi connectivity index (χ4n) is 1.94. The molecule has 3 heterocycles. The average molecular weight is 237 g/mol. The van der Waals surface area contributed by atoms with Gasteiger partial charge in [-0.3, -0.25) is 14.2 Å². The van der Waals surface area contributed by atoms with Crippen LogP contribution in [0, 0.1) is 0 Å². The van der Waals surface area contributed by atoms with Gasteiger partial charge in [-0.05, 0) is 30.3 Å². The standard InChI is InChI=1S/C14H10N2O2/c17-12-9-10-5-2-4-8-16(10)14(18)13(12)11-6-1-3-7-15-11/h1-9,17H/p-1. The van der Waals surface area contributed by atoms with Gasteiger partial charge in [-0.2, -0.15) is 0 Å². The minimum absolute atomic E-state index is 0.110. The van der Waals surface area contributed by atoms with E-state index in [0.29, 0.717) is 11.2 Å². The van der Waals surface area contributed by atoms with Crippen LogP contribution < -0.4 is 10.7 Å². The maximum Gasteiger partial charge on any atom is 0.263 e. The van der Waals surface area contributed by atoms with Gasteiger partial charge in [-0.25, -0.2) is 0 Å². The molecule has 0 saturated carbocycles. The molecule has 3 aromatic rings. The van der Waals surface area contributed by atoms with Gasteiger partial charge in [0.25, 0.3) is 5.56 Å². The highest BCUT2D eigenvalue weighted by Gasteiger charge is 2.08. The van der Waals surface area contributed by atoms with Gasteiger partial charge in [0.05, 0.1) is 11.3 Å². The molecule has 0 fully saturated rings. The smallest absolute Gasteiger partial charge is 0.263 e. The third-order valence-corrected chi connectivity index (χ3v) is 2.77. The summed E-state index contributed by atoms with van der Waals surface area (Å²) in [5.74, 6) is -0.301. The monoisotopic (exact) mass is 237 g/mol. The molecule has 3 aromatic heterocycles. The molecule has 0 aliphatic rings. The molecule has 0 spiro atoms. The highest BCUT2D eigenvalue weighted by atomic mass is 16.3. The molecule has 4 nitrogen and oxygen atoms in total. The van der Waals surface area contributed by atoms with Gasteiger partial charge in [0.15, 0.2) is 0 Å². The maximum atomic E-state index is 12.3. The summed E-state index contributed by atoms with van der Waals surface area (Å²) >= 11 is 0. The summed E-state index contributed by atoms with van der Waals surface area (Å²) in [5, 5.41) is 12.0. The van der Waals surface area contributed by atoms with E-state index in [1.165, 1.54) is 10.5 Å². The van der Waals surface area contributed by atoms with Gasteiger partial charge in [0.1, 0.15) is 0 Å². The number of pyridine rings is 3. The van der Waals surface area contributed by atoms with Crippen molar-refractivity contribution in [2.75, 3.05) is 0 Å². The van der Waals surface area contributed by atoms with Crippen LogP contribution in [0.15, 0.2) is 59.7 Å². The molecule has 0 unspecified atom stereocenters. The number of fused-ring (bicyclic) bond motifs is 1. The average Bonchev–Trinajstić information content (AvgIpc) is 2.40. The number of rotatable bonds is 1. The van der Waals surface area contributed by atoms with Gasteiger partial charge in [-0.1, -0.05) is 17.9 Å². The highest BCUT2D eigenvalue weighted by Crippen LogP contribution is 2.22. The lowest BCUT2D eigenvalue weighted by molar-refractivity contribution is -0.267. The van der Waals surface area contributed by atoms with E-state index in [2.05, 4.69) is 4.98 Å². The molecule has 0 saturated heterocycles. The van der Waals surface area contributed by atoms with Crippen LogP contribution in [-0.4, -0.2) is 9.38 Å². The molecule has 4 heteroatoms. The van der Waals surface area contributed by atoms with Crippen LogP contribution in [0.2, 0.25) is 0 Å². The summed E-state index contributed by atoms with van der Waals surface area (Å²) in [6, 6.07) is 11.9. The Bertz CT molecular complexity index is 764. The Morgan fingerprint density at radius 2 is 1.94 bits per heavy atom. The summed E-state index contributed by atoms with van der Waals surface area (Å²) in [4.78, 5) is 16.3. The molecule has 88 valence electrons. The second-order valence-electron chi connectivity index (χ2n) is 3.90. The topological polar surface area (TPSA) is 57.4 Å². The largest absolute Gasteiger partial charge is 0.872 e. The lowest BCUT2D eigenvalue weighted by atomic mass is 10.1. The SMILES string of the molecule is O=c1c(-c2ccccn2)c([O-])cc2ccccn12. The summed E-state index contributed by atoms with van der Waals surface area (Å²) < 4.78 is 1.45. The Kier molecular flexibility index (Phi) is 2.34. The number of aromatic nitrogens is 2. The summed E-state index contributed by atoms with van der Waals surface area (Å²) in [7, 11) is 0. The van der Waals surface area contributed by atoms with Gasteiger partial charge in [-0.15, -0.1) is 0 Å². The number of hydrogen-bond donors (Lipinski definition) is 0. The van der Waals surface area contributed by atoms with E-state index in [1.54, 1.807) is 48.8 Å². The summed E-state index contributed by atoms with van der Waals surface area (Å²) in [5.41, 5.74) is 0.772. The van der Waals surface area contributed by atoms with E-state index in [4.69, 9.17) is 0 Å². The van der Waals surface area contributed by atoms with Crippen molar-refractivity contribution in [1.29, 1.82) is 0 Å². The molecule has 0 amide bonds. The quantitative estimate of drug-likeness (QED) is 0.643. The molecule has 0 aromatic carbocycles. The summed E-state index contributed by atoms with van der Waals surface area (Å²) in [6.45, 7) is 0. The molecular weight excluding hydrogens is 228 g/mol. The Morgan fingerprint density at radius 1 is 1.11 bits per heavy atom. The first-order chi connectivity index (χ1) is 8.77. The molecular formula is C14H9N2O2-. The van der Waals surface area contributed by atoms with Crippen molar-refractivity contribution in [1.82, 2.24) is 9.38 Å². The molecule has 0 aliphatic heterocycles. The van der Waals surface area contributed by atoms with Crippen LogP contribution in [0.3, 0.4) is 0 Å². The van der Waals surface area contributed by atoms with E-state index in [-0.39, 0.29) is 16.9 Å². The molecule has 0 bridgehead atoms. The second kappa shape index (κ2) is 4.00. The van der Waals surface area contributed by atoms with Crippen LogP contribution in [-0.2, 0) is 0 Å². The van der Waals surface area contributed by atoms with Gasteiger partial charge >= 0.3 is 0 Å². The van der Waals surface area contributed by atoms with Crippen LogP contribution in [0.1, 0.15) is 0 Å². The fourth-order valence-corrected chi connectivity index (χ4v) is 1.94. The predicted octanol–water partition coefficient (Wildman–Crippen LogP) is 1.44. The number of hydrogen-bond acceptors (Lipinski definition) is 3. The zero-order valence-corrected chi connectivity index (χ0v) is 9.41. The van der Waals surface area contributed by atoms with Crippen molar-refractivity contribution in [3.63, 3.8) is 0 Å². The molecule has 3 rings (SSSR count). The Balaban J connectivity index is 2.41.